The summed E-state index contributed by atoms with van der Waals surface area (Å²) >= 11 is 0. The smallest absolute Gasteiger partial charge is 0.378 e. The second-order valence-electron chi connectivity index (χ2n) is 8.07. The lowest BCUT2D eigenvalue weighted by molar-refractivity contribution is -0.159. The van der Waals surface area contributed by atoms with Crippen molar-refractivity contribution in [1.29, 1.82) is 0 Å². The van der Waals surface area contributed by atoms with Crippen molar-refractivity contribution >= 4 is 17.4 Å². The topological polar surface area (TPSA) is 53.6 Å². The number of alkyl halides is 3. The van der Waals surface area contributed by atoms with Gasteiger partial charge < -0.3 is 20.3 Å². The summed E-state index contributed by atoms with van der Waals surface area (Å²) < 4.78 is 45.5. The number of nitrogens with zero attached hydrogens (tertiary/aromatic N) is 1. The molecule has 1 aliphatic carbocycles. The first-order valence-electron chi connectivity index (χ1n) is 10.0. The van der Waals surface area contributed by atoms with Crippen LogP contribution in [0.4, 0.5) is 29.3 Å². The summed E-state index contributed by atoms with van der Waals surface area (Å²) in [5, 5.41) is 4.75. The van der Waals surface area contributed by atoms with Gasteiger partial charge in [0.25, 0.3) is 0 Å². The normalized spacial score (nSPS) is 27.8. The van der Waals surface area contributed by atoms with Gasteiger partial charge >= 0.3 is 12.2 Å². The van der Waals surface area contributed by atoms with E-state index in [4.69, 9.17) is 4.74 Å². The third-order valence-corrected chi connectivity index (χ3v) is 6.09. The number of benzene rings is 1. The molecule has 2 aliphatic heterocycles. The molecule has 0 radical (unpaired) electrons. The number of fused-ring (bicyclic) bond motifs is 2. The number of piperidine rings is 1. The second kappa shape index (κ2) is 7.81. The number of hydrogen-bond donors (Lipinski definition) is 2. The third-order valence-electron chi connectivity index (χ3n) is 6.09. The summed E-state index contributed by atoms with van der Waals surface area (Å²) in [6.45, 7) is 1.42. The molecule has 2 bridgehead atoms. The Morgan fingerprint density at radius 1 is 1.25 bits per heavy atom. The summed E-state index contributed by atoms with van der Waals surface area (Å²) in [5.41, 5.74) is 1.43. The van der Waals surface area contributed by atoms with Gasteiger partial charge in [-0.05, 0) is 50.2 Å². The maximum Gasteiger partial charge on any atom is 0.408 e. The first kappa shape index (κ1) is 19.4. The van der Waals surface area contributed by atoms with Gasteiger partial charge in [0, 0.05) is 25.6 Å². The SMILES string of the molecule is O=C(Nc1ccccc1N1CC2CCC1C2)NC(CC1CCCO1)C(F)(F)F. The minimum Gasteiger partial charge on any atom is -0.378 e. The Balaban J connectivity index is 1.42. The van der Waals surface area contributed by atoms with Gasteiger partial charge in [-0.3, -0.25) is 0 Å². The molecular weight excluding hydrogens is 371 g/mol. The largest absolute Gasteiger partial charge is 0.408 e. The summed E-state index contributed by atoms with van der Waals surface area (Å²) in [4.78, 5) is 14.7. The summed E-state index contributed by atoms with van der Waals surface area (Å²) in [5.74, 6) is 0.674. The van der Waals surface area contributed by atoms with Crippen LogP contribution in [-0.2, 0) is 4.74 Å². The Kier molecular flexibility index (Phi) is 5.40. The number of carbonyl (C=O) groups is 1. The molecule has 3 fully saturated rings. The lowest BCUT2D eigenvalue weighted by atomic mass is 10.1. The number of amides is 2. The number of urea groups is 1. The minimum atomic E-state index is -4.52. The number of para-hydroxylation sites is 2. The van der Waals surface area contributed by atoms with Crippen LogP contribution in [0.3, 0.4) is 0 Å². The molecule has 4 atom stereocenters. The fraction of sp³-hybridized carbons (Fsp3) is 0.650. The lowest BCUT2D eigenvalue weighted by Gasteiger charge is -2.31. The molecule has 5 nitrogen and oxygen atoms in total. The van der Waals surface area contributed by atoms with Gasteiger partial charge in [-0.15, -0.1) is 0 Å². The Hall–Kier alpha value is -1.96. The van der Waals surface area contributed by atoms with Crippen LogP contribution in [0, 0.1) is 5.92 Å². The molecule has 2 heterocycles. The number of hydrogen-bond acceptors (Lipinski definition) is 3. The Bertz CT molecular complexity index is 706. The lowest BCUT2D eigenvalue weighted by Crippen LogP contribution is -2.48. The van der Waals surface area contributed by atoms with E-state index in [1.54, 1.807) is 12.1 Å². The van der Waals surface area contributed by atoms with Crippen LogP contribution in [0.5, 0.6) is 0 Å². The van der Waals surface area contributed by atoms with Crippen LogP contribution in [0.15, 0.2) is 24.3 Å². The molecule has 2 N–H and O–H groups in total. The molecule has 3 aliphatic rings. The Morgan fingerprint density at radius 2 is 2.07 bits per heavy atom. The van der Waals surface area contributed by atoms with E-state index < -0.39 is 24.4 Å². The van der Waals surface area contributed by atoms with Gasteiger partial charge in [-0.2, -0.15) is 13.2 Å². The van der Waals surface area contributed by atoms with E-state index in [0.29, 0.717) is 30.7 Å². The average molecular weight is 397 g/mol. The highest BCUT2D eigenvalue weighted by Crippen LogP contribution is 2.42. The molecule has 154 valence electrons. The van der Waals surface area contributed by atoms with E-state index in [1.807, 2.05) is 12.1 Å². The van der Waals surface area contributed by atoms with Crippen LogP contribution in [0.25, 0.3) is 0 Å². The number of ether oxygens (including phenoxy) is 1. The zero-order chi connectivity index (χ0) is 19.7. The molecule has 28 heavy (non-hydrogen) atoms. The first-order chi connectivity index (χ1) is 13.4. The van der Waals surface area contributed by atoms with Crippen LogP contribution < -0.4 is 15.5 Å². The molecular formula is C20H26F3N3O2. The molecule has 4 unspecified atom stereocenters. The summed E-state index contributed by atoms with van der Waals surface area (Å²) in [6, 6.07) is 5.02. The summed E-state index contributed by atoms with van der Waals surface area (Å²) in [7, 11) is 0. The first-order valence-corrected chi connectivity index (χ1v) is 10.0. The fourth-order valence-corrected chi connectivity index (χ4v) is 4.73. The zero-order valence-corrected chi connectivity index (χ0v) is 15.7. The number of anilines is 2. The van der Waals surface area contributed by atoms with E-state index in [9.17, 15) is 18.0 Å². The van der Waals surface area contributed by atoms with Gasteiger partial charge in [0.05, 0.1) is 17.5 Å². The molecule has 2 amide bonds. The zero-order valence-electron chi connectivity index (χ0n) is 15.7. The molecule has 2 saturated heterocycles. The van der Waals surface area contributed by atoms with Crippen LogP contribution in [-0.4, -0.2) is 43.5 Å². The molecule has 8 heteroatoms. The fourth-order valence-electron chi connectivity index (χ4n) is 4.73. The van der Waals surface area contributed by atoms with Crippen molar-refractivity contribution in [2.75, 3.05) is 23.4 Å². The maximum atomic E-state index is 13.4. The number of halogens is 3. The molecule has 1 saturated carbocycles. The second-order valence-corrected chi connectivity index (χ2v) is 8.07. The van der Waals surface area contributed by atoms with E-state index in [1.165, 1.54) is 6.42 Å². The van der Waals surface area contributed by atoms with Gasteiger partial charge in [0.2, 0.25) is 0 Å². The number of carbonyl (C=O) groups excluding carboxylic acids is 1. The highest BCUT2D eigenvalue weighted by atomic mass is 19.4. The van der Waals surface area contributed by atoms with Crippen LogP contribution in [0.2, 0.25) is 0 Å². The van der Waals surface area contributed by atoms with Crippen LogP contribution >= 0.6 is 0 Å². The molecule has 1 aromatic rings. The highest BCUT2D eigenvalue weighted by Gasteiger charge is 2.43. The number of nitrogens with one attached hydrogen (secondary N) is 2. The number of rotatable bonds is 5. The predicted octanol–water partition coefficient (Wildman–Crippen LogP) is 4.30. The van der Waals surface area contributed by atoms with Crippen molar-refractivity contribution < 1.29 is 22.7 Å². The highest BCUT2D eigenvalue weighted by molar-refractivity contribution is 5.93. The minimum absolute atomic E-state index is 0.256. The van der Waals surface area contributed by atoms with Gasteiger partial charge in [-0.25, -0.2) is 4.79 Å². The molecule has 0 spiro atoms. The Morgan fingerprint density at radius 3 is 2.71 bits per heavy atom. The maximum absolute atomic E-state index is 13.4. The van der Waals surface area contributed by atoms with Crippen molar-refractivity contribution in [2.24, 2.45) is 5.92 Å². The predicted molar refractivity (Wildman–Crippen MR) is 101 cm³/mol. The quantitative estimate of drug-likeness (QED) is 0.779. The van der Waals surface area contributed by atoms with Crippen molar-refractivity contribution in [2.45, 2.75) is 62.9 Å². The van der Waals surface area contributed by atoms with E-state index >= 15 is 0 Å². The van der Waals surface area contributed by atoms with Gasteiger partial charge in [-0.1, -0.05) is 12.1 Å². The monoisotopic (exact) mass is 397 g/mol. The van der Waals surface area contributed by atoms with Crippen molar-refractivity contribution in [3.63, 3.8) is 0 Å². The Labute approximate surface area is 162 Å². The molecule has 1 aromatic carbocycles. The van der Waals surface area contributed by atoms with Gasteiger partial charge in [0.15, 0.2) is 0 Å². The van der Waals surface area contributed by atoms with E-state index in [-0.39, 0.29) is 6.42 Å². The summed E-state index contributed by atoms with van der Waals surface area (Å²) in [6.07, 6.45) is -0.373. The standard InChI is InChI=1S/C20H26F3N3O2/c21-20(22,23)18(11-15-4-3-9-28-15)25-19(27)24-16-5-1-2-6-17(16)26-12-13-7-8-14(26)10-13/h1-2,5-6,13-15,18H,3-4,7-12H2,(H2,24,25,27). The van der Waals surface area contributed by atoms with E-state index in [0.717, 1.165) is 31.5 Å². The molecule has 0 aromatic heterocycles. The van der Waals surface area contributed by atoms with Crippen molar-refractivity contribution in [3.8, 4) is 0 Å². The average Bonchev–Trinajstić information content (AvgIpc) is 3.39. The van der Waals surface area contributed by atoms with Crippen molar-refractivity contribution in [3.05, 3.63) is 24.3 Å². The van der Waals surface area contributed by atoms with Gasteiger partial charge in [0.1, 0.15) is 6.04 Å². The van der Waals surface area contributed by atoms with Crippen molar-refractivity contribution in [1.82, 2.24) is 5.32 Å². The van der Waals surface area contributed by atoms with Crippen LogP contribution in [0.1, 0.15) is 38.5 Å². The third kappa shape index (κ3) is 4.21. The molecule has 4 rings (SSSR count). The van der Waals surface area contributed by atoms with E-state index in [2.05, 4.69) is 15.5 Å².